The lowest BCUT2D eigenvalue weighted by Crippen LogP contribution is -2.14. The van der Waals surface area contributed by atoms with Crippen molar-refractivity contribution in [1.29, 1.82) is 0 Å². The monoisotopic (exact) mass is 367 g/mol. The van der Waals surface area contributed by atoms with Crippen molar-refractivity contribution in [3.63, 3.8) is 0 Å². The fraction of sp³-hybridized carbons (Fsp3) is 0.250. The number of sulfonamides is 1. The molecule has 0 radical (unpaired) electrons. The van der Waals surface area contributed by atoms with Crippen LogP contribution in [0.2, 0.25) is 0 Å². The number of nitrogens with one attached hydrogen (secondary N) is 1. The second-order valence-electron chi connectivity index (χ2n) is 6.77. The van der Waals surface area contributed by atoms with Gasteiger partial charge in [0.25, 0.3) is 10.0 Å². The minimum absolute atomic E-state index is 0.304. The van der Waals surface area contributed by atoms with Gasteiger partial charge < -0.3 is 4.57 Å². The Balaban J connectivity index is 1.67. The number of aryl methyl sites for hydroxylation is 3. The summed E-state index contributed by atoms with van der Waals surface area (Å²) in [4.78, 5) is 4.77. The van der Waals surface area contributed by atoms with E-state index in [0.29, 0.717) is 10.6 Å². The Bertz CT molecular complexity index is 1080. The molecule has 1 aliphatic rings. The summed E-state index contributed by atoms with van der Waals surface area (Å²) in [6, 6.07) is 12.8. The lowest BCUT2D eigenvalue weighted by Gasteiger charge is -2.12. The highest BCUT2D eigenvalue weighted by molar-refractivity contribution is 7.92. The van der Waals surface area contributed by atoms with E-state index in [1.807, 2.05) is 50.4 Å². The van der Waals surface area contributed by atoms with Crippen LogP contribution in [-0.2, 0) is 23.0 Å². The van der Waals surface area contributed by atoms with E-state index < -0.39 is 10.0 Å². The van der Waals surface area contributed by atoms with E-state index in [1.165, 1.54) is 0 Å². The molecule has 0 fully saturated rings. The molecule has 0 aliphatic carbocycles. The van der Waals surface area contributed by atoms with E-state index in [-0.39, 0.29) is 0 Å². The Morgan fingerprint density at radius 3 is 2.77 bits per heavy atom. The molecule has 134 valence electrons. The van der Waals surface area contributed by atoms with Crippen LogP contribution in [0.3, 0.4) is 0 Å². The van der Waals surface area contributed by atoms with Crippen LogP contribution in [0.15, 0.2) is 53.6 Å². The first-order valence-electron chi connectivity index (χ1n) is 8.69. The van der Waals surface area contributed by atoms with Crippen LogP contribution in [-0.4, -0.2) is 18.0 Å². The highest BCUT2D eigenvalue weighted by Crippen LogP contribution is 2.28. The van der Waals surface area contributed by atoms with Crippen molar-refractivity contribution >= 4 is 15.7 Å². The summed E-state index contributed by atoms with van der Waals surface area (Å²) >= 11 is 0. The number of hydrogen-bond acceptors (Lipinski definition) is 3. The number of nitrogens with zero attached hydrogens (tertiary/aromatic N) is 2. The predicted octanol–water partition coefficient (Wildman–Crippen LogP) is 3.91. The lowest BCUT2D eigenvalue weighted by molar-refractivity contribution is 0.600. The van der Waals surface area contributed by atoms with Crippen molar-refractivity contribution < 1.29 is 8.42 Å². The summed E-state index contributed by atoms with van der Waals surface area (Å²) in [5, 5.41) is 0. The Kier molecular flexibility index (Phi) is 4.07. The molecule has 1 N–H and O–H groups in total. The minimum atomic E-state index is -3.63. The Morgan fingerprint density at radius 1 is 1.12 bits per heavy atom. The molecule has 0 saturated heterocycles. The van der Waals surface area contributed by atoms with Crippen LogP contribution in [0.25, 0.3) is 11.3 Å². The molecule has 2 heterocycles. The SMILES string of the molecule is Cc1ccc(S(=O)(=O)Nc2cccc(-c3cnc4n3CCC4)c2)c(C)c1. The van der Waals surface area contributed by atoms with Gasteiger partial charge in [-0.1, -0.05) is 29.8 Å². The second-order valence-corrected chi connectivity index (χ2v) is 8.42. The summed E-state index contributed by atoms with van der Waals surface area (Å²) in [6.45, 7) is 4.72. The van der Waals surface area contributed by atoms with Crippen LogP contribution in [0.5, 0.6) is 0 Å². The van der Waals surface area contributed by atoms with Crippen molar-refractivity contribution in [2.45, 2.75) is 38.1 Å². The van der Waals surface area contributed by atoms with E-state index in [9.17, 15) is 8.42 Å². The molecule has 2 aromatic carbocycles. The number of rotatable bonds is 4. The molecule has 4 rings (SSSR count). The van der Waals surface area contributed by atoms with Crippen LogP contribution < -0.4 is 4.72 Å². The third-order valence-electron chi connectivity index (χ3n) is 4.75. The minimum Gasteiger partial charge on any atom is -0.328 e. The molecule has 6 heteroatoms. The number of imidazole rings is 1. The van der Waals surface area contributed by atoms with Crippen LogP contribution >= 0.6 is 0 Å². The first kappa shape index (κ1) is 16.8. The summed E-state index contributed by atoms with van der Waals surface area (Å²) in [5.74, 6) is 1.10. The number of fused-ring (bicyclic) bond motifs is 1. The van der Waals surface area contributed by atoms with Gasteiger partial charge in [0.1, 0.15) is 5.82 Å². The van der Waals surface area contributed by atoms with Gasteiger partial charge in [-0.3, -0.25) is 4.72 Å². The molecule has 0 bridgehead atoms. The van der Waals surface area contributed by atoms with Gasteiger partial charge in [0.05, 0.1) is 16.8 Å². The number of anilines is 1. The van der Waals surface area contributed by atoms with E-state index in [1.54, 1.807) is 12.1 Å². The van der Waals surface area contributed by atoms with Crippen molar-refractivity contribution in [2.24, 2.45) is 0 Å². The fourth-order valence-electron chi connectivity index (χ4n) is 3.54. The van der Waals surface area contributed by atoms with Gasteiger partial charge in [-0.2, -0.15) is 0 Å². The van der Waals surface area contributed by atoms with E-state index in [2.05, 4.69) is 14.3 Å². The number of aromatic nitrogens is 2. The van der Waals surface area contributed by atoms with Crippen molar-refractivity contribution in [3.8, 4) is 11.3 Å². The molecular formula is C20H21N3O2S. The maximum atomic E-state index is 12.8. The zero-order chi connectivity index (χ0) is 18.3. The molecule has 1 aromatic heterocycles. The summed E-state index contributed by atoms with van der Waals surface area (Å²) in [5.41, 5.74) is 4.33. The van der Waals surface area contributed by atoms with Crippen molar-refractivity contribution in [3.05, 3.63) is 65.6 Å². The molecule has 3 aromatic rings. The molecule has 0 atom stereocenters. The smallest absolute Gasteiger partial charge is 0.262 e. The zero-order valence-corrected chi connectivity index (χ0v) is 15.7. The third-order valence-corrected chi connectivity index (χ3v) is 6.29. The predicted molar refractivity (Wildman–Crippen MR) is 103 cm³/mol. The van der Waals surface area contributed by atoms with Crippen LogP contribution in [0.4, 0.5) is 5.69 Å². The normalized spacial score (nSPS) is 13.6. The first-order chi connectivity index (χ1) is 12.4. The van der Waals surface area contributed by atoms with E-state index >= 15 is 0 Å². The highest BCUT2D eigenvalue weighted by Gasteiger charge is 2.19. The maximum absolute atomic E-state index is 12.8. The topological polar surface area (TPSA) is 64.0 Å². The molecule has 1 aliphatic heterocycles. The Morgan fingerprint density at radius 2 is 1.96 bits per heavy atom. The maximum Gasteiger partial charge on any atom is 0.262 e. The van der Waals surface area contributed by atoms with Gasteiger partial charge in [0, 0.05) is 24.2 Å². The second kappa shape index (κ2) is 6.29. The van der Waals surface area contributed by atoms with E-state index in [4.69, 9.17) is 0 Å². The molecule has 0 unspecified atom stereocenters. The quantitative estimate of drug-likeness (QED) is 0.760. The van der Waals surface area contributed by atoms with Crippen molar-refractivity contribution in [2.75, 3.05) is 4.72 Å². The molecule has 0 amide bonds. The Hall–Kier alpha value is -2.60. The van der Waals surface area contributed by atoms with Gasteiger partial charge in [-0.25, -0.2) is 13.4 Å². The van der Waals surface area contributed by atoms with Crippen molar-refractivity contribution in [1.82, 2.24) is 9.55 Å². The molecule has 26 heavy (non-hydrogen) atoms. The number of benzene rings is 2. The number of hydrogen-bond donors (Lipinski definition) is 1. The zero-order valence-electron chi connectivity index (χ0n) is 14.9. The van der Waals surface area contributed by atoms with E-state index in [0.717, 1.165) is 47.6 Å². The summed E-state index contributed by atoms with van der Waals surface area (Å²) in [7, 11) is -3.63. The van der Waals surface area contributed by atoms with Crippen LogP contribution in [0, 0.1) is 13.8 Å². The standard InChI is InChI=1S/C20H21N3O2S/c1-14-8-9-19(15(2)11-14)26(24,25)22-17-6-3-5-16(12-17)18-13-21-20-7-4-10-23(18)20/h3,5-6,8-9,11-13,22H,4,7,10H2,1-2H3. The van der Waals surface area contributed by atoms with Gasteiger partial charge >= 0.3 is 0 Å². The largest absolute Gasteiger partial charge is 0.328 e. The van der Waals surface area contributed by atoms with Gasteiger partial charge in [-0.15, -0.1) is 0 Å². The van der Waals surface area contributed by atoms with Crippen LogP contribution in [0.1, 0.15) is 23.4 Å². The highest BCUT2D eigenvalue weighted by atomic mass is 32.2. The lowest BCUT2D eigenvalue weighted by atomic mass is 10.1. The molecular weight excluding hydrogens is 346 g/mol. The Labute approximate surface area is 153 Å². The van der Waals surface area contributed by atoms with Gasteiger partial charge in [0.2, 0.25) is 0 Å². The average Bonchev–Trinajstić information content (AvgIpc) is 3.17. The molecule has 0 spiro atoms. The third kappa shape index (κ3) is 3.01. The average molecular weight is 367 g/mol. The molecule has 0 saturated carbocycles. The summed E-state index contributed by atoms with van der Waals surface area (Å²) < 4.78 is 30.5. The first-order valence-corrected chi connectivity index (χ1v) is 10.2. The van der Waals surface area contributed by atoms with Gasteiger partial charge in [0.15, 0.2) is 0 Å². The molecule has 5 nitrogen and oxygen atoms in total. The fourth-order valence-corrected chi connectivity index (χ4v) is 4.82. The van der Waals surface area contributed by atoms with Gasteiger partial charge in [-0.05, 0) is 44.0 Å². The summed E-state index contributed by atoms with van der Waals surface area (Å²) in [6.07, 6.45) is 3.97.